The van der Waals surface area contributed by atoms with Gasteiger partial charge in [-0.3, -0.25) is 4.79 Å². The maximum atomic E-state index is 13.0. The lowest BCUT2D eigenvalue weighted by Crippen LogP contribution is -2.41. The fourth-order valence-corrected chi connectivity index (χ4v) is 4.62. The third-order valence-electron chi connectivity index (χ3n) is 4.44. The number of hydrogen-bond acceptors (Lipinski definition) is 6. The number of benzene rings is 2. The van der Waals surface area contributed by atoms with E-state index in [4.69, 9.17) is 14.2 Å². The second-order valence-corrected chi connectivity index (χ2v) is 8.17. The average Bonchev–Trinajstić information content (AvgIpc) is 2.75. The van der Waals surface area contributed by atoms with Crippen LogP contribution in [-0.4, -0.2) is 58.7 Å². The van der Waals surface area contributed by atoms with Crippen LogP contribution in [0.15, 0.2) is 47.4 Å². The quantitative estimate of drug-likeness (QED) is 0.739. The molecule has 1 heterocycles. The number of methoxy groups -OCH3 is 1. The van der Waals surface area contributed by atoms with E-state index in [1.54, 1.807) is 30.3 Å². The third-order valence-corrected chi connectivity index (χ3v) is 6.40. The fraction of sp³-hybridized carbons (Fsp3) is 0.350. The first-order valence-corrected chi connectivity index (χ1v) is 10.7. The van der Waals surface area contributed by atoms with E-state index in [1.807, 2.05) is 6.92 Å². The summed E-state index contributed by atoms with van der Waals surface area (Å²) in [5.41, 5.74) is 0.542. The summed E-state index contributed by atoms with van der Waals surface area (Å²) in [5.74, 6) is 0.505. The largest absolute Gasteiger partial charge is 0.493 e. The first-order chi connectivity index (χ1) is 14.0. The molecule has 0 bridgehead atoms. The number of hydrogen-bond donors (Lipinski definition) is 1. The predicted molar refractivity (Wildman–Crippen MR) is 108 cm³/mol. The number of rotatable bonds is 7. The van der Waals surface area contributed by atoms with Crippen LogP contribution in [-0.2, 0) is 14.8 Å². The number of carbonyl (C=O) groups is 1. The summed E-state index contributed by atoms with van der Waals surface area (Å²) in [7, 11) is -2.30. The molecule has 1 fully saturated rings. The van der Waals surface area contributed by atoms with Crippen LogP contribution in [0.25, 0.3) is 0 Å². The van der Waals surface area contributed by atoms with E-state index in [2.05, 4.69) is 5.32 Å². The molecule has 156 valence electrons. The van der Waals surface area contributed by atoms with Crippen molar-refractivity contribution in [2.45, 2.75) is 11.8 Å². The van der Waals surface area contributed by atoms with Crippen molar-refractivity contribution in [3.63, 3.8) is 0 Å². The highest BCUT2D eigenvalue weighted by Crippen LogP contribution is 2.31. The Hall–Kier alpha value is -2.62. The van der Waals surface area contributed by atoms with Crippen LogP contribution in [0.3, 0.4) is 0 Å². The Labute approximate surface area is 170 Å². The van der Waals surface area contributed by atoms with Gasteiger partial charge in [0.1, 0.15) is 0 Å². The van der Waals surface area contributed by atoms with Gasteiger partial charge in [-0.1, -0.05) is 12.1 Å². The highest BCUT2D eigenvalue weighted by molar-refractivity contribution is 7.89. The van der Waals surface area contributed by atoms with Gasteiger partial charge in [0.2, 0.25) is 10.0 Å². The molecule has 0 aliphatic carbocycles. The molecule has 29 heavy (non-hydrogen) atoms. The molecule has 1 aliphatic rings. The van der Waals surface area contributed by atoms with Gasteiger partial charge < -0.3 is 19.5 Å². The molecule has 0 spiro atoms. The number of nitrogens with zero attached hydrogens (tertiary/aromatic N) is 1. The number of carbonyl (C=O) groups excluding carboxylic acids is 1. The summed E-state index contributed by atoms with van der Waals surface area (Å²) in [6, 6.07) is 11.2. The molecule has 1 N–H and O–H groups in total. The maximum absolute atomic E-state index is 13.0. The minimum Gasteiger partial charge on any atom is -0.493 e. The van der Waals surface area contributed by atoms with Gasteiger partial charge in [-0.2, -0.15) is 4.31 Å². The van der Waals surface area contributed by atoms with Gasteiger partial charge in [0.05, 0.1) is 37.4 Å². The Balaban J connectivity index is 1.87. The van der Waals surface area contributed by atoms with Crippen molar-refractivity contribution >= 4 is 21.6 Å². The molecule has 0 saturated carbocycles. The molecule has 1 aliphatic heterocycles. The molecule has 9 heteroatoms. The first kappa shape index (κ1) is 21.1. The fourth-order valence-electron chi connectivity index (χ4n) is 3.02. The molecule has 8 nitrogen and oxygen atoms in total. The second kappa shape index (κ2) is 9.25. The summed E-state index contributed by atoms with van der Waals surface area (Å²) < 4.78 is 43.4. The second-order valence-electron chi connectivity index (χ2n) is 6.27. The van der Waals surface area contributed by atoms with Gasteiger partial charge >= 0.3 is 0 Å². The first-order valence-electron chi connectivity index (χ1n) is 9.26. The van der Waals surface area contributed by atoms with E-state index in [0.717, 1.165) is 0 Å². The molecule has 0 aromatic heterocycles. The lowest BCUT2D eigenvalue weighted by Gasteiger charge is -2.26. The normalized spacial score (nSPS) is 15.0. The molecule has 2 aromatic carbocycles. The number of amides is 1. The van der Waals surface area contributed by atoms with E-state index in [0.29, 0.717) is 37.0 Å². The number of anilines is 1. The van der Waals surface area contributed by atoms with E-state index in [-0.39, 0.29) is 23.5 Å². The van der Waals surface area contributed by atoms with E-state index in [1.165, 1.54) is 23.5 Å². The number of morpholine rings is 1. The maximum Gasteiger partial charge on any atom is 0.257 e. The molecule has 2 aromatic rings. The van der Waals surface area contributed by atoms with Gasteiger partial charge in [0.15, 0.2) is 11.5 Å². The van der Waals surface area contributed by atoms with Gasteiger partial charge in [0.25, 0.3) is 5.91 Å². The lowest BCUT2D eigenvalue weighted by atomic mass is 10.2. The zero-order valence-corrected chi connectivity index (χ0v) is 17.2. The van der Waals surface area contributed by atoms with Crippen molar-refractivity contribution in [1.29, 1.82) is 0 Å². The molecule has 0 radical (unpaired) electrons. The topological polar surface area (TPSA) is 94.2 Å². The highest BCUT2D eigenvalue weighted by atomic mass is 32.2. The summed E-state index contributed by atoms with van der Waals surface area (Å²) in [6.07, 6.45) is 0. The van der Waals surface area contributed by atoms with Crippen LogP contribution in [0, 0.1) is 0 Å². The van der Waals surface area contributed by atoms with Crippen LogP contribution in [0.4, 0.5) is 5.69 Å². The Morgan fingerprint density at radius 1 is 1.14 bits per heavy atom. The summed E-state index contributed by atoms with van der Waals surface area (Å²) in [5, 5.41) is 2.74. The predicted octanol–water partition coefficient (Wildman–Crippen LogP) is 2.37. The minimum absolute atomic E-state index is 0.0303. The van der Waals surface area contributed by atoms with Crippen molar-refractivity contribution in [3.8, 4) is 11.5 Å². The van der Waals surface area contributed by atoms with Gasteiger partial charge in [0, 0.05) is 24.8 Å². The van der Waals surface area contributed by atoms with Crippen molar-refractivity contribution < 1.29 is 27.4 Å². The Morgan fingerprint density at radius 2 is 1.86 bits per heavy atom. The lowest BCUT2D eigenvalue weighted by molar-refractivity contribution is 0.0730. The highest BCUT2D eigenvalue weighted by Gasteiger charge is 2.30. The Kier molecular flexibility index (Phi) is 6.73. The molecule has 1 amide bonds. The standard InChI is InChI=1S/C20H24N2O6S/c1-3-28-17-9-8-15(14-18(17)26-2)21-20(23)16-6-4-5-7-19(16)29(24,25)22-10-12-27-13-11-22/h4-9,14H,3,10-13H2,1-2H3,(H,21,23). The van der Waals surface area contributed by atoms with E-state index >= 15 is 0 Å². The number of nitrogens with one attached hydrogen (secondary N) is 1. The van der Waals surface area contributed by atoms with Crippen LogP contribution in [0.1, 0.15) is 17.3 Å². The van der Waals surface area contributed by atoms with Gasteiger partial charge in [-0.05, 0) is 31.2 Å². The zero-order valence-electron chi connectivity index (χ0n) is 16.4. The smallest absolute Gasteiger partial charge is 0.257 e. The van der Waals surface area contributed by atoms with Crippen molar-refractivity contribution in [3.05, 3.63) is 48.0 Å². The Morgan fingerprint density at radius 3 is 2.55 bits per heavy atom. The molecule has 3 rings (SSSR count). The molecule has 1 saturated heterocycles. The molecular weight excluding hydrogens is 396 g/mol. The molecule has 0 atom stereocenters. The monoisotopic (exact) mass is 420 g/mol. The van der Waals surface area contributed by atoms with Crippen LogP contribution in [0.2, 0.25) is 0 Å². The van der Waals surface area contributed by atoms with Crippen LogP contribution >= 0.6 is 0 Å². The van der Waals surface area contributed by atoms with E-state index < -0.39 is 15.9 Å². The zero-order chi connectivity index (χ0) is 20.9. The Bertz CT molecular complexity index is 971. The third kappa shape index (κ3) is 4.69. The van der Waals surface area contributed by atoms with E-state index in [9.17, 15) is 13.2 Å². The minimum atomic E-state index is -3.81. The summed E-state index contributed by atoms with van der Waals surface area (Å²) in [4.78, 5) is 12.9. The summed E-state index contributed by atoms with van der Waals surface area (Å²) >= 11 is 0. The van der Waals surface area contributed by atoms with Crippen LogP contribution < -0.4 is 14.8 Å². The molecular formula is C20H24N2O6S. The van der Waals surface area contributed by atoms with Gasteiger partial charge in [-0.25, -0.2) is 8.42 Å². The van der Waals surface area contributed by atoms with Crippen LogP contribution in [0.5, 0.6) is 11.5 Å². The number of sulfonamides is 1. The summed E-state index contributed by atoms with van der Waals surface area (Å²) in [6.45, 7) is 3.53. The van der Waals surface area contributed by atoms with Crippen molar-refractivity contribution in [1.82, 2.24) is 4.31 Å². The van der Waals surface area contributed by atoms with Crippen molar-refractivity contribution in [2.75, 3.05) is 45.3 Å². The average molecular weight is 420 g/mol. The SMILES string of the molecule is CCOc1ccc(NC(=O)c2ccccc2S(=O)(=O)N2CCOCC2)cc1OC. The molecule has 0 unspecified atom stereocenters. The van der Waals surface area contributed by atoms with Gasteiger partial charge in [-0.15, -0.1) is 0 Å². The van der Waals surface area contributed by atoms with Crippen molar-refractivity contribution in [2.24, 2.45) is 0 Å². The number of ether oxygens (including phenoxy) is 3.